The molecule has 1 atom stereocenters. The average molecular weight is 264 g/mol. The number of rotatable bonds is 7. The van der Waals surface area contributed by atoms with Gasteiger partial charge in [0.2, 0.25) is 5.91 Å². The van der Waals surface area contributed by atoms with Crippen molar-refractivity contribution in [2.75, 3.05) is 26.2 Å². The van der Waals surface area contributed by atoms with E-state index >= 15 is 0 Å². The van der Waals surface area contributed by atoms with Crippen LogP contribution in [0.4, 0.5) is 0 Å². The van der Waals surface area contributed by atoms with Crippen molar-refractivity contribution in [2.24, 2.45) is 0 Å². The molecule has 1 aromatic rings. The molecule has 0 heterocycles. The van der Waals surface area contributed by atoms with E-state index in [0.717, 1.165) is 5.56 Å². The zero-order valence-electron chi connectivity index (χ0n) is 12.0. The summed E-state index contributed by atoms with van der Waals surface area (Å²) in [7, 11) is 0. The van der Waals surface area contributed by atoms with Crippen molar-refractivity contribution < 1.29 is 9.90 Å². The minimum absolute atomic E-state index is 0.0638. The molecule has 4 nitrogen and oxygen atoms in total. The highest BCUT2D eigenvalue weighted by molar-refractivity contribution is 5.78. The summed E-state index contributed by atoms with van der Waals surface area (Å²) in [6.45, 7) is 7.70. The highest BCUT2D eigenvalue weighted by atomic mass is 16.3. The Morgan fingerprint density at radius 2 is 1.84 bits per heavy atom. The standard InChI is InChI=1S/C15H24N2O2/c1-4-17(5-2)14(18)11-16-12-15(3,19)13-9-7-6-8-10-13/h6-10,16,19H,4-5,11-12H2,1-3H3. The Morgan fingerprint density at radius 1 is 1.26 bits per heavy atom. The lowest BCUT2D eigenvalue weighted by molar-refractivity contribution is -0.130. The molecule has 4 heteroatoms. The molecule has 0 aliphatic heterocycles. The van der Waals surface area contributed by atoms with Crippen LogP contribution in [0.1, 0.15) is 26.3 Å². The average Bonchev–Trinajstić information content (AvgIpc) is 2.41. The number of hydrogen-bond acceptors (Lipinski definition) is 3. The summed E-state index contributed by atoms with van der Waals surface area (Å²) in [5, 5.41) is 13.4. The molecule has 0 aliphatic carbocycles. The summed E-state index contributed by atoms with van der Waals surface area (Å²) in [6.07, 6.45) is 0. The second kappa shape index (κ2) is 7.26. The number of hydrogen-bond donors (Lipinski definition) is 2. The van der Waals surface area contributed by atoms with E-state index in [9.17, 15) is 9.90 Å². The van der Waals surface area contributed by atoms with E-state index in [-0.39, 0.29) is 12.5 Å². The van der Waals surface area contributed by atoms with E-state index in [4.69, 9.17) is 0 Å². The molecule has 0 aromatic heterocycles. The van der Waals surface area contributed by atoms with Crippen LogP contribution in [-0.4, -0.2) is 42.1 Å². The molecule has 1 aromatic carbocycles. The molecule has 19 heavy (non-hydrogen) atoms. The van der Waals surface area contributed by atoms with Gasteiger partial charge in [-0.1, -0.05) is 30.3 Å². The Balaban J connectivity index is 2.46. The van der Waals surface area contributed by atoms with Crippen LogP contribution in [-0.2, 0) is 10.4 Å². The van der Waals surface area contributed by atoms with E-state index in [1.165, 1.54) is 0 Å². The number of likely N-dealkylation sites (N-methyl/N-ethyl adjacent to an activating group) is 1. The van der Waals surface area contributed by atoms with Crippen molar-refractivity contribution in [1.29, 1.82) is 0 Å². The maximum absolute atomic E-state index is 11.8. The third-order valence-electron chi connectivity index (χ3n) is 3.26. The molecular weight excluding hydrogens is 240 g/mol. The Morgan fingerprint density at radius 3 is 2.37 bits per heavy atom. The molecule has 0 fully saturated rings. The van der Waals surface area contributed by atoms with E-state index < -0.39 is 5.60 Å². The molecule has 0 spiro atoms. The normalized spacial score (nSPS) is 13.9. The van der Waals surface area contributed by atoms with E-state index in [1.54, 1.807) is 11.8 Å². The van der Waals surface area contributed by atoms with Crippen molar-refractivity contribution >= 4 is 5.91 Å². The Bertz CT molecular complexity index is 386. The first kappa shape index (κ1) is 15.7. The molecule has 2 N–H and O–H groups in total. The van der Waals surface area contributed by atoms with Crippen LogP contribution in [0.5, 0.6) is 0 Å². The summed E-state index contributed by atoms with van der Waals surface area (Å²) in [6, 6.07) is 9.47. The van der Waals surface area contributed by atoms with Crippen LogP contribution in [0.2, 0.25) is 0 Å². The summed E-state index contributed by atoms with van der Waals surface area (Å²) in [5.41, 5.74) is -0.122. The van der Waals surface area contributed by atoms with Crippen molar-refractivity contribution in [3.8, 4) is 0 Å². The molecule has 0 saturated carbocycles. The van der Waals surface area contributed by atoms with Gasteiger partial charge in [0.25, 0.3) is 0 Å². The number of nitrogens with zero attached hydrogens (tertiary/aromatic N) is 1. The Labute approximate surface area is 115 Å². The highest BCUT2D eigenvalue weighted by Crippen LogP contribution is 2.18. The third kappa shape index (κ3) is 4.65. The second-order valence-corrected chi connectivity index (χ2v) is 4.81. The largest absolute Gasteiger partial charge is 0.384 e. The summed E-state index contributed by atoms with van der Waals surface area (Å²) in [4.78, 5) is 13.6. The maximum Gasteiger partial charge on any atom is 0.236 e. The first-order valence-electron chi connectivity index (χ1n) is 6.77. The van der Waals surface area contributed by atoms with Gasteiger partial charge in [-0.05, 0) is 26.3 Å². The summed E-state index contributed by atoms with van der Waals surface area (Å²) in [5.74, 6) is 0.0638. The smallest absolute Gasteiger partial charge is 0.236 e. The number of nitrogens with one attached hydrogen (secondary N) is 1. The van der Waals surface area contributed by atoms with Gasteiger partial charge in [-0.15, -0.1) is 0 Å². The fourth-order valence-corrected chi connectivity index (χ4v) is 2.00. The molecule has 1 rings (SSSR count). The molecule has 1 amide bonds. The molecule has 0 bridgehead atoms. The zero-order chi connectivity index (χ0) is 14.3. The number of amides is 1. The zero-order valence-corrected chi connectivity index (χ0v) is 12.0. The van der Waals surface area contributed by atoms with Crippen molar-refractivity contribution in [2.45, 2.75) is 26.4 Å². The maximum atomic E-state index is 11.8. The first-order valence-corrected chi connectivity index (χ1v) is 6.77. The van der Waals surface area contributed by atoms with Crippen LogP contribution in [0, 0.1) is 0 Å². The van der Waals surface area contributed by atoms with E-state index in [0.29, 0.717) is 19.6 Å². The van der Waals surface area contributed by atoms with Crippen LogP contribution < -0.4 is 5.32 Å². The number of carbonyl (C=O) groups excluding carboxylic acids is 1. The second-order valence-electron chi connectivity index (χ2n) is 4.81. The summed E-state index contributed by atoms with van der Waals surface area (Å²) >= 11 is 0. The monoisotopic (exact) mass is 264 g/mol. The van der Waals surface area contributed by atoms with Gasteiger partial charge in [0.15, 0.2) is 0 Å². The van der Waals surface area contributed by atoms with Crippen LogP contribution in [0.15, 0.2) is 30.3 Å². The fraction of sp³-hybridized carbons (Fsp3) is 0.533. The van der Waals surface area contributed by atoms with Gasteiger partial charge in [-0.3, -0.25) is 4.79 Å². The molecule has 0 aliphatic rings. The van der Waals surface area contributed by atoms with E-state index in [2.05, 4.69) is 5.32 Å². The topological polar surface area (TPSA) is 52.6 Å². The Hall–Kier alpha value is -1.39. The fourth-order valence-electron chi connectivity index (χ4n) is 2.00. The first-order chi connectivity index (χ1) is 9.01. The molecule has 0 saturated heterocycles. The third-order valence-corrected chi connectivity index (χ3v) is 3.26. The number of carbonyl (C=O) groups is 1. The van der Waals surface area contributed by atoms with Crippen LogP contribution in [0.3, 0.4) is 0 Å². The van der Waals surface area contributed by atoms with Gasteiger partial charge in [0.1, 0.15) is 0 Å². The van der Waals surface area contributed by atoms with Crippen LogP contribution in [0.25, 0.3) is 0 Å². The van der Waals surface area contributed by atoms with Crippen molar-refractivity contribution in [1.82, 2.24) is 10.2 Å². The van der Waals surface area contributed by atoms with Gasteiger partial charge in [0, 0.05) is 19.6 Å². The predicted molar refractivity (Wildman–Crippen MR) is 76.8 cm³/mol. The van der Waals surface area contributed by atoms with Crippen molar-refractivity contribution in [3.63, 3.8) is 0 Å². The minimum atomic E-state index is -0.967. The number of aliphatic hydroxyl groups is 1. The lowest BCUT2D eigenvalue weighted by Gasteiger charge is -2.25. The lowest BCUT2D eigenvalue weighted by atomic mass is 9.96. The predicted octanol–water partition coefficient (Wildman–Crippen LogP) is 1.35. The highest BCUT2D eigenvalue weighted by Gasteiger charge is 2.22. The van der Waals surface area contributed by atoms with Gasteiger partial charge in [-0.25, -0.2) is 0 Å². The summed E-state index contributed by atoms with van der Waals surface area (Å²) < 4.78 is 0. The van der Waals surface area contributed by atoms with Gasteiger partial charge >= 0.3 is 0 Å². The Kier molecular flexibility index (Phi) is 5.99. The number of benzene rings is 1. The molecular formula is C15H24N2O2. The van der Waals surface area contributed by atoms with E-state index in [1.807, 2.05) is 44.2 Å². The van der Waals surface area contributed by atoms with Gasteiger partial charge in [0.05, 0.1) is 12.1 Å². The molecule has 1 unspecified atom stereocenters. The molecule has 106 valence electrons. The minimum Gasteiger partial charge on any atom is -0.384 e. The van der Waals surface area contributed by atoms with Crippen molar-refractivity contribution in [3.05, 3.63) is 35.9 Å². The van der Waals surface area contributed by atoms with Gasteiger partial charge < -0.3 is 15.3 Å². The van der Waals surface area contributed by atoms with Crippen LogP contribution >= 0.6 is 0 Å². The van der Waals surface area contributed by atoms with Gasteiger partial charge in [-0.2, -0.15) is 0 Å². The quantitative estimate of drug-likeness (QED) is 0.781. The SMILES string of the molecule is CCN(CC)C(=O)CNCC(C)(O)c1ccccc1. The molecule has 0 radical (unpaired) electrons. The lowest BCUT2D eigenvalue weighted by Crippen LogP contribution is -2.42.